The molecule has 1 rings (SSSR count). The van der Waals surface area contributed by atoms with E-state index >= 15 is 0 Å². The number of hydrogen-bond acceptors (Lipinski definition) is 3. The van der Waals surface area contributed by atoms with Gasteiger partial charge in [-0.05, 0) is 18.6 Å². The van der Waals surface area contributed by atoms with Crippen LogP contribution in [0.15, 0.2) is 12.1 Å². The maximum Gasteiger partial charge on any atom is 0.336 e. The number of carbonyl (C=O) groups is 2. The Bertz CT molecular complexity index is 382. The lowest BCUT2D eigenvalue weighted by atomic mass is 9.99. The molecule has 0 radical (unpaired) electrons. The van der Waals surface area contributed by atoms with Gasteiger partial charge in [0.25, 0.3) is 0 Å². The van der Waals surface area contributed by atoms with Gasteiger partial charge in [0, 0.05) is 12.0 Å². The van der Waals surface area contributed by atoms with E-state index in [2.05, 4.69) is 0 Å². The molecule has 2 N–H and O–H groups in total. The van der Waals surface area contributed by atoms with Crippen LogP contribution in [-0.4, -0.2) is 22.5 Å². The van der Waals surface area contributed by atoms with Gasteiger partial charge in [-0.1, -0.05) is 6.07 Å². The van der Waals surface area contributed by atoms with Crippen LogP contribution in [0.25, 0.3) is 0 Å². The second-order valence-electron chi connectivity index (χ2n) is 2.93. The molecular formula is C10H10O4. The zero-order chi connectivity index (χ0) is 10.7. The van der Waals surface area contributed by atoms with Gasteiger partial charge >= 0.3 is 5.97 Å². The highest BCUT2D eigenvalue weighted by molar-refractivity contribution is 5.92. The van der Waals surface area contributed by atoms with Gasteiger partial charge in [0.05, 0.1) is 5.56 Å². The van der Waals surface area contributed by atoms with Gasteiger partial charge in [-0.15, -0.1) is 0 Å². The van der Waals surface area contributed by atoms with E-state index in [9.17, 15) is 14.7 Å². The molecule has 1 aromatic carbocycles. The summed E-state index contributed by atoms with van der Waals surface area (Å²) in [5.74, 6) is -1.28. The molecule has 0 heterocycles. The van der Waals surface area contributed by atoms with Crippen LogP contribution in [0.5, 0.6) is 5.75 Å². The predicted octanol–water partition coefficient (Wildman–Crippen LogP) is 1.14. The molecule has 0 unspecified atom stereocenters. The van der Waals surface area contributed by atoms with Gasteiger partial charge in [0.15, 0.2) is 0 Å². The summed E-state index contributed by atoms with van der Waals surface area (Å²) >= 11 is 0. The third kappa shape index (κ3) is 1.74. The van der Waals surface area contributed by atoms with E-state index in [0.717, 1.165) is 0 Å². The summed E-state index contributed by atoms with van der Waals surface area (Å²) in [5, 5.41) is 18.2. The van der Waals surface area contributed by atoms with E-state index in [1.807, 2.05) is 0 Å². The first-order chi connectivity index (χ1) is 6.57. The van der Waals surface area contributed by atoms with Gasteiger partial charge in [0.1, 0.15) is 12.0 Å². The van der Waals surface area contributed by atoms with Crippen molar-refractivity contribution >= 4 is 12.3 Å². The molecule has 14 heavy (non-hydrogen) atoms. The zero-order valence-corrected chi connectivity index (χ0v) is 7.65. The number of carboxylic acid groups (broad SMARTS) is 1. The third-order valence-corrected chi connectivity index (χ3v) is 2.00. The molecule has 1 aromatic rings. The smallest absolute Gasteiger partial charge is 0.336 e. The Hall–Kier alpha value is -1.84. The van der Waals surface area contributed by atoms with Crippen molar-refractivity contribution in [2.45, 2.75) is 13.3 Å². The molecule has 0 fully saturated rings. The van der Waals surface area contributed by atoms with Gasteiger partial charge < -0.3 is 15.0 Å². The number of carboxylic acids is 1. The topological polar surface area (TPSA) is 74.6 Å². The molecule has 0 amide bonds. The van der Waals surface area contributed by atoms with Crippen molar-refractivity contribution < 1.29 is 19.8 Å². The van der Waals surface area contributed by atoms with Crippen molar-refractivity contribution in [1.29, 1.82) is 0 Å². The quantitative estimate of drug-likeness (QED) is 0.707. The summed E-state index contributed by atoms with van der Waals surface area (Å²) in [4.78, 5) is 21.2. The van der Waals surface area contributed by atoms with E-state index < -0.39 is 5.97 Å². The zero-order valence-electron chi connectivity index (χ0n) is 7.65. The van der Waals surface area contributed by atoms with Crippen LogP contribution in [0.1, 0.15) is 21.5 Å². The highest BCUT2D eigenvalue weighted by atomic mass is 16.4. The van der Waals surface area contributed by atoms with Gasteiger partial charge in [-0.3, -0.25) is 0 Å². The van der Waals surface area contributed by atoms with E-state index in [1.165, 1.54) is 12.1 Å². The number of benzene rings is 1. The highest BCUT2D eigenvalue weighted by Crippen LogP contribution is 2.24. The van der Waals surface area contributed by atoms with E-state index in [0.29, 0.717) is 11.8 Å². The molecule has 0 aliphatic rings. The SMILES string of the molecule is Cc1ccc(O)c(CC=O)c1C(=O)O. The molecule has 0 spiro atoms. The van der Waals surface area contributed by atoms with Crippen molar-refractivity contribution in [2.75, 3.05) is 0 Å². The van der Waals surface area contributed by atoms with Crippen LogP contribution >= 0.6 is 0 Å². The number of phenols is 1. The molecular weight excluding hydrogens is 184 g/mol. The standard InChI is InChI=1S/C10H10O4/c1-6-2-3-8(12)7(4-5-11)9(6)10(13)14/h2-3,5,12H,4H2,1H3,(H,13,14). The summed E-state index contributed by atoms with van der Waals surface area (Å²) in [6.45, 7) is 1.62. The number of aryl methyl sites for hydroxylation is 1. The lowest BCUT2D eigenvalue weighted by Crippen LogP contribution is -2.06. The fourth-order valence-corrected chi connectivity index (χ4v) is 1.34. The average molecular weight is 194 g/mol. The van der Waals surface area contributed by atoms with E-state index in [4.69, 9.17) is 5.11 Å². The Morgan fingerprint density at radius 1 is 1.50 bits per heavy atom. The first kappa shape index (κ1) is 10.2. The van der Waals surface area contributed by atoms with Crippen LogP contribution in [0.2, 0.25) is 0 Å². The summed E-state index contributed by atoms with van der Waals surface area (Å²) in [6, 6.07) is 2.90. The molecule has 0 saturated heterocycles. The number of rotatable bonds is 3. The predicted molar refractivity (Wildman–Crippen MR) is 49.6 cm³/mol. The summed E-state index contributed by atoms with van der Waals surface area (Å²) < 4.78 is 0. The average Bonchev–Trinajstić information content (AvgIpc) is 2.11. The number of aromatic hydroxyl groups is 1. The van der Waals surface area contributed by atoms with Crippen molar-refractivity contribution in [3.05, 3.63) is 28.8 Å². The minimum absolute atomic E-state index is 0.0112. The van der Waals surface area contributed by atoms with Crippen LogP contribution in [-0.2, 0) is 11.2 Å². The first-order valence-electron chi connectivity index (χ1n) is 4.06. The Morgan fingerprint density at radius 2 is 2.14 bits per heavy atom. The van der Waals surface area contributed by atoms with Crippen LogP contribution in [0, 0.1) is 6.92 Å². The molecule has 4 heteroatoms. The maximum atomic E-state index is 10.8. The van der Waals surface area contributed by atoms with Crippen molar-refractivity contribution in [1.82, 2.24) is 0 Å². The molecule has 74 valence electrons. The van der Waals surface area contributed by atoms with Crippen molar-refractivity contribution in [2.24, 2.45) is 0 Å². The second kappa shape index (κ2) is 3.91. The van der Waals surface area contributed by atoms with Gasteiger partial charge in [-0.25, -0.2) is 4.79 Å². The van der Waals surface area contributed by atoms with Crippen molar-refractivity contribution in [3.8, 4) is 5.75 Å². The Kier molecular flexibility index (Phi) is 2.86. The van der Waals surface area contributed by atoms with Crippen LogP contribution in [0.4, 0.5) is 0 Å². The lowest BCUT2D eigenvalue weighted by Gasteiger charge is -2.08. The normalized spacial score (nSPS) is 9.79. The Balaban J connectivity index is 3.40. The Labute approximate surface area is 80.8 Å². The maximum absolute atomic E-state index is 10.8. The monoisotopic (exact) mass is 194 g/mol. The number of hydrogen-bond donors (Lipinski definition) is 2. The minimum Gasteiger partial charge on any atom is -0.508 e. The molecule has 0 atom stereocenters. The van der Waals surface area contributed by atoms with Crippen molar-refractivity contribution in [3.63, 3.8) is 0 Å². The number of aldehydes is 1. The summed E-state index contributed by atoms with van der Waals surface area (Å²) in [5.41, 5.74) is 0.719. The number of aromatic carboxylic acids is 1. The minimum atomic E-state index is -1.13. The van der Waals surface area contributed by atoms with Crippen LogP contribution < -0.4 is 0 Å². The molecule has 0 aliphatic carbocycles. The Morgan fingerprint density at radius 3 is 2.64 bits per heavy atom. The third-order valence-electron chi connectivity index (χ3n) is 2.00. The highest BCUT2D eigenvalue weighted by Gasteiger charge is 2.16. The molecule has 4 nitrogen and oxygen atoms in total. The fraction of sp³-hybridized carbons (Fsp3) is 0.200. The first-order valence-corrected chi connectivity index (χ1v) is 4.06. The second-order valence-corrected chi connectivity index (χ2v) is 2.93. The molecule has 0 bridgehead atoms. The van der Waals surface area contributed by atoms with E-state index in [1.54, 1.807) is 6.92 Å². The van der Waals surface area contributed by atoms with Crippen LogP contribution in [0.3, 0.4) is 0 Å². The molecule has 0 saturated carbocycles. The number of carbonyl (C=O) groups excluding carboxylic acids is 1. The van der Waals surface area contributed by atoms with Gasteiger partial charge in [-0.2, -0.15) is 0 Å². The van der Waals surface area contributed by atoms with Gasteiger partial charge in [0.2, 0.25) is 0 Å². The summed E-state index contributed by atoms with van der Waals surface area (Å²) in [6.07, 6.45) is 0.482. The number of phenolic OH excluding ortho intramolecular Hbond substituents is 1. The summed E-state index contributed by atoms with van der Waals surface area (Å²) in [7, 11) is 0. The largest absolute Gasteiger partial charge is 0.508 e. The molecule has 0 aromatic heterocycles. The fourth-order valence-electron chi connectivity index (χ4n) is 1.34. The van der Waals surface area contributed by atoms with E-state index in [-0.39, 0.29) is 23.3 Å². The lowest BCUT2D eigenvalue weighted by molar-refractivity contribution is -0.107. The molecule has 0 aliphatic heterocycles.